The Morgan fingerprint density at radius 2 is 1.61 bits per heavy atom. The number of amides is 1. The highest BCUT2D eigenvalue weighted by atomic mass is 16.5. The predicted molar refractivity (Wildman–Crippen MR) is 135 cm³/mol. The molecule has 184 valence electrons. The lowest BCUT2D eigenvalue weighted by molar-refractivity contribution is 0.0930. The minimum Gasteiger partial charge on any atom is -0.497 e. The summed E-state index contributed by atoms with van der Waals surface area (Å²) in [6, 6.07) is 22.6. The largest absolute Gasteiger partial charge is 0.497 e. The van der Waals surface area contributed by atoms with Gasteiger partial charge >= 0.3 is 5.69 Å². The van der Waals surface area contributed by atoms with Gasteiger partial charge in [-0.1, -0.05) is 42.5 Å². The number of carbonyl (C=O) groups excluding carboxylic acids is 1. The smallest absolute Gasteiger partial charge is 0.352 e. The van der Waals surface area contributed by atoms with Gasteiger partial charge < -0.3 is 14.8 Å². The average Bonchev–Trinajstić information content (AvgIpc) is 2.91. The lowest BCUT2D eigenvalue weighted by atomic mass is 10.1. The molecule has 1 N–H and O–H groups in total. The molecule has 0 bridgehead atoms. The molecule has 0 unspecified atom stereocenters. The molecular weight excluding hydrogens is 460 g/mol. The Morgan fingerprint density at radius 1 is 0.917 bits per heavy atom. The molecule has 4 aromatic rings. The zero-order chi connectivity index (χ0) is 25.7. The van der Waals surface area contributed by atoms with Crippen LogP contribution in [-0.2, 0) is 6.54 Å². The van der Waals surface area contributed by atoms with Gasteiger partial charge in [0.25, 0.3) is 11.5 Å². The first-order chi connectivity index (χ1) is 17.4. The number of hydrogen-bond donors (Lipinski definition) is 1. The number of rotatable bonds is 8. The van der Waals surface area contributed by atoms with Crippen molar-refractivity contribution in [2.75, 3.05) is 14.2 Å². The number of benzene rings is 3. The van der Waals surface area contributed by atoms with E-state index in [-0.39, 0.29) is 12.6 Å². The predicted octanol–water partition coefficient (Wildman–Crippen LogP) is 2.95. The van der Waals surface area contributed by atoms with E-state index in [1.807, 2.05) is 37.3 Å². The minimum atomic E-state index is -0.787. The van der Waals surface area contributed by atoms with Crippen molar-refractivity contribution in [1.29, 1.82) is 0 Å². The van der Waals surface area contributed by atoms with Crippen molar-refractivity contribution in [2.45, 2.75) is 19.5 Å². The van der Waals surface area contributed by atoms with Crippen LogP contribution in [0.25, 0.3) is 5.69 Å². The maximum absolute atomic E-state index is 13.4. The van der Waals surface area contributed by atoms with Gasteiger partial charge in [0.05, 0.1) is 32.5 Å². The molecule has 0 spiro atoms. The molecule has 1 amide bonds. The molecule has 0 aliphatic heterocycles. The van der Waals surface area contributed by atoms with Crippen LogP contribution in [0.3, 0.4) is 0 Å². The van der Waals surface area contributed by atoms with Gasteiger partial charge in [0.15, 0.2) is 0 Å². The highest BCUT2D eigenvalue weighted by Crippen LogP contribution is 2.15. The van der Waals surface area contributed by atoms with Crippen LogP contribution in [0.5, 0.6) is 11.5 Å². The summed E-state index contributed by atoms with van der Waals surface area (Å²) in [6.45, 7) is 1.74. The fourth-order valence-electron chi connectivity index (χ4n) is 3.73. The fraction of sp³-hybridized carbons (Fsp3) is 0.185. The van der Waals surface area contributed by atoms with Crippen molar-refractivity contribution in [2.24, 2.45) is 0 Å². The van der Waals surface area contributed by atoms with Crippen LogP contribution in [0, 0.1) is 0 Å². The van der Waals surface area contributed by atoms with Gasteiger partial charge in [0.2, 0.25) is 5.69 Å². The van der Waals surface area contributed by atoms with Crippen molar-refractivity contribution < 1.29 is 14.3 Å². The Balaban J connectivity index is 1.80. The molecule has 9 nitrogen and oxygen atoms in total. The quantitative estimate of drug-likeness (QED) is 0.411. The van der Waals surface area contributed by atoms with Gasteiger partial charge in [-0.05, 0) is 54.4 Å². The van der Waals surface area contributed by atoms with Gasteiger partial charge in [0, 0.05) is 0 Å². The van der Waals surface area contributed by atoms with Crippen LogP contribution in [0.4, 0.5) is 0 Å². The number of methoxy groups -OCH3 is 2. The molecule has 36 heavy (non-hydrogen) atoms. The molecule has 1 aromatic heterocycles. The molecule has 0 saturated carbocycles. The molecule has 1 atom stereocenters. The number of nitrogens with one attached hydrogen (secondary N) is 1. The number of carbonyl (C=O) groups is 1. The van der Waals surface area contributed by atoms with E-state index in [1.54, 1.807) is 48.5 Å². The summed E-state index contributed by atoms with van der Waals surface area (Å²) in [4.78, 5) is 40.0. The second-order valence-corrected chi connectivity index (χ2v) is 8.09. The number of hydrogen-bond acceptors (Lipinski definition) is 6. The summed E-state index contributed by atoms with van der Waals surface area (Å²) >= 11 is 0. The second-order valence-electron chi connectivity index (χ2n) is 8.09. The summed E-state index contributed by atoms with van der Waals surface area (Å²) in [7, 11) is 3.06. The lowest BCUT2D eigenvalue weighted by Gasteiger charge is -2.16. The molecule has 0 radical (unpaired) electrons. The van der Waals surface area contributed by atoms with E-state index in [9.17, 15) is 14.4 Å². The van der Waals surface area contributed by atoms with Crippen molar-refractivity contribution >= 4 is 5.91 Å². The molecule has 1 heterocycles. The Hall–Kier alpha value is -4.66. The normalized spacial score (nSPS) is 11.5. The van der Waals surface area contributed by atoms with Gasteiger partial charge in [0.1, 0.15) is 11.5 Å². The average molecular weight is 487 g/mol. The van der Waals surface area contributed by atoms with Crippen LogP contribution in [0.15, 0.2) is 88.5 Å². The van der Waals surface area contributed by atoms with E-state index in [4.69, 9.17) is 9.47 Å². The molecular formula is C27H26N4O5. The third-order valence-corrected chi connectivity index (χ3v) is 5.71. The summed E-state index contributed by atoms with van der Waals surface area (Å²) in [5.41, 5.74) is 0.0449. The van der Waals surface area contributed by atoms with E-state index >= 15 is 0 Å². The van der Waals surface area contributed by atoms with Crippen LogP contribution in [0.2, 0.25) is 0 Å². The molecule has 9 heteroatoms. The molecule has 3 aromatic carbocycles. The van der Waals surface area contributed by atoms with E-state index < -0.39 is 22.9 Å². The van der Waals surface area contributed by atoms with Crippen molar-refractivity contribution in [3.8, 4) is 17.2 Å². The van der Waals surface area contributed by atoms with Crippen molar-refractivity contribution in [1.82, 2.24) is 19.7 Å². The van der Waals surface area contributed by atoms with E-state index in [0.717, 1.165) is 14.8 Å². The molecule has 0 saturated heterocycles. The summed E-state index contributed by atoms with van der Waals surface area (Å²) in [5, 5.41) is 6.98. The van der Waals surface area contributed by atoms with Crippen molar-refractivity contribution in [3.63, 3.8) is 0 Å². The first-order valence-corrected chi connectivity index (χ1v) is 11.3. The molecule has 0 fully saturated rings. The number of nitrogens with zero attached hydrogens (tertiary/aromatic N) is 3. The fourth-order valence-corrected chi connectivity index (χ4v) is 3.73. The van der Waals surface area contributed by atoms with Gasteiger partial charge in [-0.25, -0.2) is 4.79 Å². The van der Waals surface area contributed by atoms with Gasteiger partial charge in [-0.15, -0.1) is 0 Å². The zero-order valence-electron chi connectivity index (χ0n) is 20.2. The first-order valence-electron chi connectivity index (χ1n) is 11.3. The van der Waals surface area contributed by atoms with E-state index in [2.05, 4.69) is 10.4 Å². The van der Waals surface area contributed by atoms with Crippen LogP contribution >= 0.6 is 0 Å². The Kier molecular flexibility index (Phi) is 7.29. The SMILES string of the molecule is COc1ccc(-n2nc(C(=O)N[C@H](C)c3ccccc3)c(=O)n(Cc3cccc(OC)c3)c2=O)cc1. The van der Waals surface area contributed by atoms with Crippen LogP contribution in [-0.4, -0.2) is 34.5 Å². The van der Waals surface area contributed by atoms with E-state index in [0.29, 0.717) is 22.7 Å². The van der Waals surface area contributed by atoms with Gasteiger partial charge in [-0.2, -0.15) is 9.78 Å². The van der Waals surface area contributed by atoms with Crippen LogP contribution < -0.4 is 26.0 Å². The zero-order valence-corrected chi connectivity index (χ0v) is 20.2. The topological polar surface area (TPSA) is 104 Å². The Bertz CT molecular complexity index is 1480. The first kappa shape index (κ1) is 24.5. The number of ether oxygens (including phenoxy) is 2. The molecule has 4 rings (SSSR count). The lowest BCUT2D eigenvalue weighted by Crippen LogP contribution is -2.46. The minimum absolute atomic E-state index is 0.0674. The number of aromatic nitrogens is 3. The summed E-state index contributed by atoms with van der Waals surface area (Å²) < 4.78 is 12.5. The van der Waals surface area contributed by atoms with E-state index in [1.165, 1.54) is 14.2 Å². The summed E-state index contributed by atoms with van der Waals surface area (Å²) in [5.74, 6) is 0.490. The van der Waals surface area contributed by atoms with Crippen molar-refractivity contribution in [3.05, 3.63) is 117 Å². The standard InChI is InChI=1S/C27H26N4O5/c1-18(20-9-5-4-6-10-20)28-25(32)24-26(33)30(17-19-8-7-11-23(16-19)36-3)27(34)31(29-24)21-12-14-22(35-2)15-13-21/h4-16,18H,17H2,1-3H3,(H,28,32)/t18-/m1/s1. The highest BCUT2D eigenvalue weighted by molar-refractivity contribution is 5.92. The Morgan fingerprint density at radius 3 is 2.28 bits per heavy atom. The highest BCUT2D eigenvalue weighted by Gasteiger charge is 2.22. The third kappa shape index (κ3) is 5.20. The van der Waals surface area contributed by atoms with Gasteiger partial charge in [-0.3, -0.25) is 14.2 Å². The maximum atomic E-state index is 13.4. The third-order valence-electron chi connectivity index (χ3n) is 5.71. The molecule has 0 aliphatic rings. The monoisotopic (exact) mass is 486 g/mol. The second kappa shape index (κ2) is 10.7. The van der Waals surface area contributed by atoms with Crippen LogP contribution in [0.1, 0.15) is 34.6 Å². The Labute approximate surface area is 207 Å². The molecule has 0 aliphatic carbocycles. The maximum Gasteiger partial charge on any atom is 0.352 e. The summed E-state index contributed by atoms with van der Waals surface area (Å²) in [6.07, 6.45) is 0.